The zero-order valence-corrected chi connectivity index (χ0v) is 18.3. The molecule has 0 radical (unpaired) electrons. The van der Waals surface area contributed by atoms with E-state index in [0.717, 1.165) is 77.4 Å². The minimum absolute atomic E-state index is 0. The molecular weight excluding hydrogens is 346 g/mol. The van der Waals surface area contributed by atoms with Gasteiger partial charge in [0.2, 0.25) is 0 Å². The predicted molar refractivity (Wildman–Crippen MR) is 126 cm³/mol. The van der Waals surface area contributed by atoms with Crippen LogP contribution in [0.4, 0.5) is 22.7 Å². The van der Waals surface area contributed by atoms with Crippen molar-refractivity contribution in [2.75, 3.05) is 62.4 Å². The molecule has 0 heterocycles. The highest BCUT2D eigenvalue weighted by Crippen LogP contribution is 2.17. The summed E-state index contributed by atoms with van der Waals surface area (Å²) in [4.78, 5) is 0. The molecular formula is C23H39N5. The average molecular weight is 386 g/mol. The van der Waals surface area contributed by atoms with E-state index in [2.05, 4.69) is 36.9 Å². The van der Waals surface area contributed by atoms with Crippen molar-refractivity contribution in [3.63, 3.8) is 0 Å². The molecule has 0 fully saturated rings. The Morgan fingerprint density at radius 3 is 1.50 bits per heavy atom. The largest absolute Gasteiger partial charge is 0.399 e. The van der Waals surface area contributed by atoms with Crippen molar-refractivity contribution in [3.8, 4) is 0 Å². The third-order valence-electron chi connectivity index (χ3n) is 5.08. The molecule has 0 saturated heterocycles. The molecule has 0 unspecified atom stereocenters. The molecule has 2 rings (SSSR count). The van der Waals surface area contributed by atoms with E-state index in [1.165, 1.54) is 0 Å². The lowest BCUT2D eigenvalue weighted by Crippen LogP contribution is -2.42. The number of rotatable bonds is 10. The van der Waals surface area contributed by atoms with Crippen LogP contribution in [-0.2, 0) is 0 Å². The third-order valence-corrected chi connectivity index (χ3v) is 5.08. The van der Waals surface area contributed by atoms with Gasteiger partial charge < -0.3 is 34.0 Å². The fraction of sp³-hybridized carbons (Fsp3) is 0.435. The molecule has 0 atom stereocenters. The Morgan fingerprint density at radius 2 is 1.14 bits per heavy atom. The smallest absolute Gasteiger partial charge is 0.0799 e. The van der Waals surface area contributed by atoms with Gasteiger partial charge in [-0.3, -0.25) is 0 Å². The van der Waals surface area contributed by atoms with E-state index in [1.54, 1.807) is 0 Å². The first kappa shape index (κ1) is 23.6. The molecule has 6 N–H and O–H groups in total. The number of benzene rings is 2. The summed E-state index contributed by atoms with van der Waals surface area (Å²) in [6.45, 7) is 8.35. The Bertz CT molecular complexity index is 678. The second kappa shape index (κ2) is 10.8. The summed E-state index contributed by atoms with van der Waals surface area (Å²) in [5.74, 6) is 0. The van der Waals surface area contributed by atoms with Crippen LogP contribution in [0, 0.1) is 21.3 Å². The van der Waals surface area contributed by atoms with Crippen molar-refractivity contribution in [1.29, 1.82) is 0 Å². The maximum absolute atomic E-state index is 5.87. The molecule has 156 valence electrons. The van der Waals surface area contributed by atoms with Gasteiger partial charge in [0.1, 0.15) is 0 Å². The van der Waals surface area contributed by atoms with Crippen molar-refractivity contribution < 1.29 is 4.48 Å². The lowest BCUT2D eigenvalue weighted by molar-refractivity contribution is -0.890. The molecule has 0 amide bonds. The quantitative estimate of drug-likeness (QED) is 0.213. The van der Waals surface area contributed by atoms with Gasteiger partial charge in [-0.2, -0.15) is 0 Å². The molecule has 5 nitrogen and oxygen atoms in total. The fourth-order valence-corrected chi connectivity index (χ4v) is 3.16. The van der Waals surface area contributed by atoms with Gasteiger partial charge in [-0.05, 0) is 61.4 Å². The van der Waals surface area contributed by atoms with Crippen LogP contribution in [0.5, 0.6) is 0 Å². The van der Waals surface area contributed by atoms with Gasteiger partial charge in [0.05, 0.1) is 27.2 Å². The number of nitrogens with two attached hydrogens (primary N) is 2. The van der Waals surface area contributed by atoms with Crippen LogP contribution in [0.3, 0.4) is 0 Å². The molecule has 2 aromatic carbocycles. The molecule has 2 aromatic rings. The molecule has 28 heavy (non-hydrogen) atoms. The van der Waals surface area contributed by atoms with Crippen molar-refractivity contribution in [2.24, 2.45) is 0 Å². The van der Waals surface area contributed by atoms with Gasteiger partial charge in [0, 0.05) is 48.7 Å². The summed E-state index contributed by atoms with van der Waals surface area (Å²) < 4.78 is 1.03. The zero-order valence-electron chi connectivity index (χ0n) is 18.3. The number of nitrogens with zero attached hydrogens (tertiary/aromatic N) is 1. The molecule has 0 spiro atoms. The minimum Gasteiger partial charge on any atom is -0.399 e. The summed E-state index contributed by atoms with van der Waals surface area (Å²) in [6, 6.07) is 12.3. The predicted octanol–water partition coefficient (Wildman–Crippen LogP) is 4.30. The number of hydrogen-bond donors (Lipinski definition) is 4. The molecule has 0 aromatic heterocycles. The standard InChI is InChI=1S/C22H36N5.CH3/c1-17-15-19(7-9-21(17)23)25-11-5-13-27(3,4)14-6-12-26-20-8-10-22(24)18(2)16-20;/h7-10,15-16,25-26H,5-6,11-14,23-24H2,1-4H3;1H3/q+1;-1. The van der Waals surface area contributed by atoms with Crippen LogP contribution in [0.15, 0.2) is 36.4 Å². The molecule has 0 bridgehead atoms. The fourth-order valence-electron chi connectivity index (χ4n) is 3.16. The zero-order chi connectivity index (χ0) is 19.9. The van der Waals surface area contributed by atoms with E-state index in [1.807, 2.05) is 38.1 Å². The van der Waals surface area contributed by atoms with Gasteiger partial charge in [0.15, 0.2) is 0 Å². The Balaban J connectivity index is 0.00000392. The monoisotopic (exact) mass is 385 g/mol. The number of nitrogen functional groups attached to an aromatic ring is 2. The van der Waals surface area contributed by atoms with Crippen molar-refractivity contribution in [1.82, 2.24) is 0 Å². The Hall–Kier alpha value is -2.40. The van der Waals surface area contributed by atoms with E-state index in [0.29, 0.717) is 0 Å². The van der Waals surface area contributed by atoms with Gasteiger partial charge in [-0.25, -0.2) is 0 Å². The summed E-state index contributed by atoms with van der Waals surface area (Å²) in [5, 5.41) is 6.99. The number of quaternary nitrogens is 1. The highest BCUT2D eigenvalue weighted by Gasteiger charge is 2.13. The average Bonchev–Trinajstić information content (AvgIpc) is 2.62. The first-order valence-electron chi connectivity index (χ1n) is 9.79. The highest BCUT2D eigenvalue weighted by molar-refractivity contribution is 5.57. The highest BCUT2D eigenvalue weighted by atomic mass is 15.3. The second-order valence-corrected chi connectivity index (χ2v) is 8.09. The molecule has 5 heteroatoms. The van der Waals surface area contributed by atoms with Crippen molar-refractivity contribution in [3.05, 3.63) is 55.0 Å². The van der Waals surface area contributed by atoms with Crippen LogP contribution in [0.1, 0.15) is 24.0 Å². The van der Waals surface area contributed by atoms with E-state index in [9.17, 15) is 0 Å². The van der Waals surface area contributed by atoms with E-state index < -0.39 is 0 Å². The Labute approximate surface area is 171 Å². The SMILES string of the molecule is Cc1cc(NCCC[N+](C)(C)CCCNc2ccc(N)c(C)c2)ccc1N.[CH3-]. The van der Waals surface area contributed by atoms with E-state index >= 15 is 0 Å². The van der Waals surface area contributed by atoms with Crippen LogP contribution >= 0.6 is 0 Å². The molecule has 0 aliphatic carbocycles. The van der Waals surface area contributed by atoms with Gasteiger partial charge in [-0.15, -0.1) is 0 Å². The maximum atomic E-state index is 5.87. The Morgan fingerprint density at radius 1 is 0.750 bits per heavy atom. The summed E-state index contributed by atoms with van der Waals surface area (Å²) in [7, 11) is 4.61. The van der Waals surface area contributed by atoms with Crippen LogP contribution in [0.2, 0.25) is 0 Å². The summed E-state index contributed by atoms with van der Waals surface area (Å²) >= 11 is 0. The van der Waals surface area contributed by atoms with Gasteiger partial charge in [-0.1, -0.05) is 0 Å². The van der Waals surface area contributed by atoms with Crippen LogP contribution < -0.4 is 22.1 Å². The number of anilines is 4. The van der Waals surface area contributed by atoms with Crippen LogP contribution in [-0.4, -0.2) is 44.8 Å². The second-order valence-electron chi connectivity index (χ2n) is 8.09. The van der Waals surface area contributed by atoms with Gasteiger partial charge >= 0.3 is 0 Å². The van der Waals surface area contributed by atoms with Crippen LogP contribution in [0.25, 0.3) is 0 Å². The third kappa shape index (κ3) is 7.69. The first-order valence-corrected chi connectivity index (χ1v) is 9.79. The van der Waals surface area contributed by atoms with Crippen molar-refractivity contribution in [2.45, 2.75) is 26.7 Å². The minimum atomic E-state index is 0. The summed E-state index contributed by atoms with van der Waals surface area (Å²) in [6.07, 6.45) is 2.28. The number of nitrogens with one attached hydrogen (secondary N) is 2. The first-order chi connectivity index (χ1) is 12.8. The lowest BCUT2D eigenvalue weighted by atomic mass is 10.2. The summed E-state index contributed by atoms with van der Waals surface area (Å²) in [5.41, 5.74) is 18.0. The molecule has 0 aliphatic rings. The topological polar surface area (TPSA) is 76.1 Å². The normalized spacial score (nSPS) is 11.0. The van der Waals surface area contributed by atoms with Gasteiger partial charge in [0.25, 0.3) is 0 Å². The lowest BCUT2D eigenvalue weighted by Gasteiger charge is -2.30. The molecule has 0 saturated carbocycles. The maximum Gasteiger partial charge on any atom is 0.0799 e. The Kier molecular flexibility index (Phi) is 9.13. The van der Waals surface area contributed by atoms with E-state index in [-0.39, 0.29) is 7.43 Å². The van der Waals surface area contributed by atoms with E-state index in [4.69, 9.17) is 11.5 Å². The molecule has 0 aliphatic heterocycles. The number of hydrogen-bond acceptors (Lipinski definition) is 4. The van der Waals surface area contributed by atoms with Crippen molar-refractivity contribution >= 4 is 22.7 Å². The number of aryl methyl sites for hydroxylation is 2.